The van der Waals surface area contributed by atoms with Gasteiger partial charge in [-0.05, 0) is 50.1 Å². The van der Waals surface area contributed by atoms with E-state index >= 15 is 0 Å². The third-order valence-electron chi connectivity index (χ3n) is 4.83. The third-order valence-corrected chi connectivity index (χ3v) is 4.83. The Balaban J connectivity index is 1.49. The molecular formula is C22H22N2O3. The topological polar surface area (TPSA) is 55.6 Å². The van der Waals surface area contributed by atoms with Crippen LogP contribution in [0.4, 0.5) is 0 Å². The van der Waals surface area contributed by atoms with Crippen molar-refractivity contribution in [1.29, 1.82) is 0 Å². The molecule has 0 spiro atoms. The van der Waals surface area contributed by atoms with Gasteiger partial charge in [-0.25, -0.2) is 0 Å². The van der Waals surface area contributed by atoms with Gasteiger partial charge in [-0.3, -0.25) is 9.78 Å². The number of furan rings is 1. The maximum atomic E-state index is 13.1. The summed E-state index contributed by atoms with van der Waals surface area (Å²) in [4.78, 5) is 19.4. The number of para-hydroxylation sites is 1. The van der Waals surface area contributed by atoms with Crippen molar-refractivity contribution in [3.05, 3.63) is 83.6 Å². The number of amides is 1. The number of hydrogen-bond acceptors (Lipinski definition) is 4. The zero-order valence-electron chi connectivity index (χ0n) is 15.3. The highest BCUT2D eigenvalue weighted by Crippen LogP contribution is 2.33. The van der Waals surface area contributed by atoms with E-state index in [9.17, 15) is 4.79 Å². The molecule has 0 aliphatic carbocycles. The number of hydrogen-bond donors (Lipinski definition) is 0. The van der Waals surface area contributed by atoms with Crippen LogP contribution in [0.15, 0.2) is 65.2 Å². The second-order valence-corrected chi connectivity index (χ2v) is 6.74. The number of likely N-dealkylation sites (tertiary alicyclic amines) is 1. The highest BCUT2D eigenvalue weighted by Gasteiger charge is 2.33. The molecule has 138 valence electrons. The minimum absolute atomic E-state index is 0.00668. The molecule has 5 heteroatoms. The van der Waals surface area contributed by atoms with Gasteiger partial charge < -0.3 is 14.1 Å². The molecule has 1 fully saturated rings. The van der Waals surface area contributed by atoms with Gasteiger partial charge in [0.2, 0.25) is 0 Å². The van der Waals surface area contributed by atoms with Crippen molar-refractivity contribution < 1.29 is 13.9 Å². The number of aryl methyl sites for hydroxylation is 1. The largest absolute Gasteiger partial charge is 0.486 e. The molecule has 27 heavy (non-hydrogen) atoms. The zero-order valence-corrected chi connectivity index (χ0v) is 15.3. The van der Waals surface area contributed by atoms with Crippen LogP contribution < -0.4 is 4.74 Å². The van der Waals surface area contributed by atoms with Gasteiger partial charge >= 0.3 is 0 Å². The molecule has 3 aromatic rings. The van der Waals surface area contributed by atoms with Crippen LogP contribution in [0, 0.1) is 6.92 Å². The van der Waals surface area contributed by atoms with Gasteiger partial charge in [0.25, 0.3) is 5.91 Å². The van der Waals surface area contributed by atoms with Gasteiger partial charge in [-0.2, -0.15) is 0 Å². The lowest BCUT2D eigenvalue weighted by Gasteiger charge is -2.23. The van der Waals surface area contributed by atoms with Crippen molar-refractivity contribution in [1.82, 2.24) is 9.88 Å². The fraction of sp³-hybridized carbons (Fsp3) is 0.273. The van der Waals surface area contributed by atoms with E-state index in [0.717, 1.165) is 36.4 Å². The first-order valence-electron chi connectivity index (χ1n) is 9.21. The molecule has 1 amide bonds. The summed E-state index contributed by atoms with van der Waals surface area (Å²) in [6.45, 7) is 2.91. The molecule has 5 nitrogen and oxygen atoms in total. The minimum atomic E-state index is -0.0772. The fourth-order valence-corrected chi connectivity index (χ4v) is 3.52. The second kappa shape index (κ2) is 7.66. The van der Waals surface area contributed by atoms with Crippen LogP contribution in [0.5, 0.6) is 5.75 Å². The molecule has 0 unspecified atom stereocenters. The maximum absolute atomic E-state index is 13.1. The molecule has 0 bridgehead atoms. The molecule has 4 rings (SSSR count). The van der Waals surface area contributed by atoms with Crippen molar-refractivity contribution >= 4 is 5.91 Å². The summed E-state index contributed by atoms with van der Waals surface area (Å²) in [5, 5.41) is 0. The fourth-order valence-electron chi connectivity index (χ4n) is 3.52. The summed E-state index contributed by atoms with van der Waals surface area (Å²) in [6, 6.07) is 17.3. The number of carbonyl (C=O) groups is 1. The number of aromatic nitrogens is 1. The minimum Gasteiger partial charge on any atom is -0.486 e. The predicted octanol–water partition coefficient (Wildman–Crippen LogP) is 4.54. The van der Waals surface area contributed by atoms with E-state index in [-0.39, 0.29) is 11.9 Å². The Bertz CT molecular complexity index is 906. The lowest BCUT2D eigenvalue weighted by Crippen LogP contribution is -2.31. The number of ether oxygens (including phenoxy) is 1. The van der Waals surface area contributed by atoms with Crippen LogP contribution in [-0.4, -0.2) is 22.3 Å². The molecule has 0 saturated carbocycles. The number of nitrogens with zero attached hydrogens (tertiary/aromatic N) is 2. The molecule has 1 saturated heterocycles. The van der Waals surface area contributed by atoms with Crippen LogP contribution in [0.2, 0.25) is 0 Å². The first kappa shape index (κ1) is 17.3. The summed E-state index contributed by atoms with van der Waals surface area (Å²) in [6.07, 6.45) is 3.66. The van der Waals surface area contributed by atoms with Crippen LogP contribution >= 0.6 is 0 Å². The zero-order chi connectivity index (χ0) is 18.6. The molecular weight excluding hydrogens is 340 g/mol. The smallest absolute Gasteiger partial charge is 0.290 e. The van der Waals surface area contributed by atoms with Crippen molar-refractivity contribution in [2.24, 2.45) is 0 Å². The van der Waals surface area contributed by atoms with Crippen LogP contribution in [0.1, 0.15) is 46.5 Å². The molecule has 0 radical (unpaired) electrons. The van der Waals surface area contributed by atoms with E-state index in [2.05, 4.69) is 4.98 Å². The van der Waals surface area contributed by atoms with Crippen molar-refractivity contribution in [2.45, 2.75) is 32.4 Å². The Morgan fingerprint density at radius 1 is 1.22 bits per heavy atom. The summed E-state index contributed by atoms with van der Waals surface area (Å²) >= 11 is 0. The average molecular weight is 362 g/mol. The normalized spacial score (nSPS) is 16.5. The Morgan fingerprint density at radius 3 is 2.81 bits per heavy atom. The highest BCUT2D eigenvalue weighted by molar-refractivity contribution is 5.93. The number of carbonyl (C=O) groups excluding carboxylic acids is 1. The summed E-state index contributed by atoms with van der Waals surface area (Å²) in [7, 11) is 0. The first-order chi connectivity index (χ1) is 13.2. The van der Waals surface area contributed by atoms with Crippen molar-refractivity contribution in [3.63, 3.8) is 0 Å². The number of rotatable bonds is 5. The molecule has 1 atom stereocenters. The van der Waals surface area contributed by atoms with Gasteiger partial charge in [0.1, 0.15) is 18.1 Å². The van der Waals surface area contributed by atoms with Crippen molar-refractivity contribution in [3.8, 4) is 5.75 Å². The Hall–Kier alpha value is -3.08. The molecule has 1 aliphatic rings. The van der Waals surface area contributed by atoms with E-state index in [4.69, 9.17) is 9.15 Å². The van der Waals surface area contributed by atoms with Crippen molar-refractivity contribution in [2.75, 3.05) is 6.54 Å². The average Bonchev–Trinajstić information content (AvgIpc) is 3.34. The predicted molar refractivity (Wildman–Crippen MR) is 101 cm³/mol. The summed E-state index contributed by atoms with van der Waals surface area (Å²) in [5.41, 5.74) is 1.76. The molecule has 1 aromatic carbocycles. The molecule has 3 heterocycles. The first-order valence-corrected chi connectivity index (χ1v) is 9.21. The molecule has 2 aromatic heterocycles. The van der Waals surface area contributed by atoms with Gasteiger partial charge in [0.15, 0.2) is 5.76 Å². The molecule has 1 aliphatic heterocycles. The van der Waals surface area contributed by atoms with E-state index in [0.29, 0.717) is 18.1 Å². The van der Waals surface area contributed by atoms with Crippen LogP contribution in [0.3, 0.4) is 0 Å². The van der Waals surface area contributed by atoms with E-state index in [1.807, 2.05) is 66.4 Å². The Kier molecular flexibility index (Phi) is 4.92. The van der Waals surface area contributed by atoms with Crippen LogP contribution in [0.25, 0.3) is 0 Å². The van der Waals surface area contributed by atoms with Gasteiger partial charge in [0.05, 0.1) is 11.7 Å². The third kappa shape index (κ3) is 3.72. The number of pyridine rings is 1. The van der Waals surface area contributed by atoms with Gasteiger partial charge in [-0.1, -0.05) is 24.3 Å². The Morgan fingerprint density at radius 2 is 2.04 bits per heavy atom. The number of benzene rings is 1. The maximum Gasteiger partial charge on any atom is 0.290 e. The second-order valence-electron chi connectivity index (χ2n) is 6.74. The van der Waals surface area contributed by atoms with E-state index in [1.165, 1.54) is 0 Å². The van der Waals surface area contributed by atoms with Gasteiger partial charge in [-0.15, -0.1) is 0 Å². The quantitative estimate of drug-likeness (QED) is 0.669. The SMILES string of the molecule is Cc1cc(COc2ccccc2)oc1C(=O)N1CCC[C@@H]1c1ccccn1. The standard InChI is InChI=1S/C22H22N2O3/c1-16-14-18(15-26-17-8-3-2-4-9-17)27-21(16)22(25)24-13-7-11-20(24)19-10-5-6-12-23-19/h2-6,8-10,12,14,20H,7,11,13,15H2,1H3/t20-/m1/s1. The lowest BCUT2D eigenvalue weighted by atomic mass is 10.1. The summed E-state index contributed by atoms with van der Waals surface area (Å²) < 4.78 is 11.6. The summed E-state index contributed by atoms with van der Waals surface area (Å²) in [5.74, 6) is 1.73. The van der Waals surface area contributed by atoms with Gasteiger partial charge in [0, 0.05) is 18.3 Å². The Labute approximate surface area is 158 Å². The highest BCUT2D eigenvalue weighted by atomic mass is 16.5. The monoisotopic (exact) mass is 362 g/mol. The molecule has 0 N–H and O–H groups in total. The van der Waals surface area contributed by atoms with E-state index < -0.39 is 0 Å². The van der Waals surface area contributed by atoms with E-state index in [1.54, 1.807) is 6.20 Å². The lowest BCUT2D eigenvalue weighted by molar-refractivity contribution is 0.0695. The van der Waals surface area contributed by atoms with Crippen LogP contribution in [-0.2, 0) is 6.61 Å².